The van der Waals surface area contributed by atoms with E-state index in [9.17, 15) is 4.79 Å². The average Bonchev–Trinajstić information content (AvgIpc) is 3.31. The van der Waals surface area contributed by atoms with Gasteiger partial charge in [0, 0.05) is 4.47 Å². The molecule has 4 rings (SSSR count). The third-order valence-corrected chi connectivity index (χ3v) is 4.63. The number of carbonyl (C=O) groups is 1. The molecule has 0 aliphatic heterocycles. The number of fused-ring (bicyclic) bond motifs is 1. The first-order chi connectivity index (χ1) is 13.0. The van der Waals surface area contributed by atoms with Crippen LogP contribution in [0.5, 0.6) is 0 Å². The summed E-state index contributed by atoms with van der Waals surface area (Å²) in [6.07, 6.45) is 2.93. The Morgan fingerprint density at radius 3 is 2.74 bits per heavy atom. The van der Waals surface area contributed by atoms with Crippen LogP contribution in [0, 0.1) is 0 Å². The van der Waals surface area contributed by atoms with Gasteiger partial charge in [-0.3, -0.25) is 0 Å². The summed E-state index contributed by atoms with van der Waals surface area (Å²) in [6.45, 7) is 1.90. The topological polar surface area (TPSA) is 112 Å². The van der Waals surface area contributed by atoms with Crippen molar-refractivity contribution < 1.29 is 9.21 Å². The quantitative estimate of drug-likeness (QED) is 0.515. The Balaban J connectivity index is 1.67. The van der Waals surface area contributed by atoms with Crippen LogP contribution in [0.25, 0.3) is 22.6 Å². The Morgan fingerprint density at radius 2 is 2.04 bits per heavy atom. The number of hydrogen-bond acceptors (Lipinski definition) is 6. The maximum atomic E-state index is 12.8. The fraction of sp³-hybridized carbons (Fsp3) is 0.111. The molecule has 9 heteroatoms. The highest BCUT2D eigenvalue weighted by atomic mass is 79.9. The molecule has 1 amide bonds. The first-order valence-corrected chi connectivity index (χ1v) is 8.93. The highest BCUT2D eigenvalue weighted by molar-refractivity contribution is 9.10. The lowest BCUT2D eigenvalue weighted by atomic mass is 10.1. The minimum Gasteiger partial charge on any atom is -0.463 e. The third kappa shape index (κ3) is 3.28. The molecule has 0 bridgehead atoms. The first-order valence-electron chi connectivity index (χ1n) is 8.13. The summed E-state index contributed by atoms with van der Waals surface area (Å²) in [7, 11) is 0. The van der Waals surface area contributed by atoms with Crippen LogP contribution in [0.2, 0.25) is 0 Å². The van der Waals surface area contributed by atoms with E-state index in [1.807, 2.05) is 31.2 Å². The Morgan fingerprint density at radius 1 is 1.26 bits per heavy atom. The van der Waals surface area contributed by atoms with Gasteiger partial charge in [0.05, 0.1) is 12.3 Å². The SMILES string of the molecule is CC(NC(=O)n1cnc2c(-c3ccco3)nc(N)nc21)c1ccc(Br)cc1. The molecule has 3 heterocycles. The van der Waals surface area contributed by atoms with Gasteiger partial charge in [-0.15, -0.1) is 0 Å². The number of furan rings is 1. The molecule has 27 heavy (non-hydrogen) atoms. The Hall–Kier alpha value is -3.20. The predicted molar refractivity (Wildman–Crippen MR) is 104 cm³/mol. The molecular weight excluding hydrogens is 412 g/mol. The van der Waals surface area contributed by atoms with E-state index in [1.165, 1.54) is 17.2 Å². The molecule has 136 valence electrons. The van der Waals surface area contributed by atoms with Gasteiger partial charge in [0.25, 0.3) is 0 Å². The number of aromatic nitrogens is 4. The van der Waals surface area contributed by atoms with Crippen LogP contribution >= 0.6 is 15.9 Å². The van der Waals surface area contributed by atoms with Crippen molar-refractivity contribution in [3.05, 3.63) is 59.0 Å². The molecular formula is C18H15BrN6O2. The Kier molecular flexibility index (Phi) is 4.36. The van der Waals surface area contributed by atoms with Crippen LogP contribution in [-0.4, -0.2) is 25.6 Å². The molecule has 1 aromatic carbocycles. The van der Waals surface area contributed by atoms with Crippen molar-refractivity contribution in [2.24, 2.45) is 0 Å². The van der Waals surface area contributed by atoms with Crippen molar-refractivity contribution in [3.63, 3.8) is 0 Å². The van der Waals surface area contributed by atoms with E-state index in [0.717, 1.165) is 10.0 Å². The molecule has 0 spiro atoms. The third-order valence-electron chi connectivity index (χ3n) is 4.10. The first kappa shape index (κ1) is 17.2. The van der Waals surface area contributed by atoms with Gasteiger partial charge < -0.3 is 15.5 Å². The largest absolute Gasteiger partial charge is 0.463 e. The summed E-state index contributed by atoms with van der Waals surface area (Å²) < 4.78 is 7.67. The number of benzene rings is 1. The monoisotopic (exact) mass is 426 g/mol. The number of nitrogens with zero attached hydrogens (tertiary/aromatic N) is 4. The molecule has 8 nitrogen and oxygen atoms in total. The molecule has 1 unspecified atom stereocenters. The van der Waals surface area contributed by atoms with Gasteiger partial charge in [-0.1, -0.05) is 28.1 Å². The number of halogens is 1. The summed E-state index contributed by atoms with van der Waals surface area (Å²) >= 11 is 3.40. The number of hydrogen-bond donors (Lipinski definition) is 2. The molecule has 0 fully saturated rings. The standard InChI is InChI=1S/C18H15BrN6O2/c1-10(11-4-6-12(19)7-5-11)22-18(26)25-9-21-15-14(13-3-2-8-27-13)23-17(20)24-16(15)25/h2-10H,1H3,(H,22,26)(H2,20,23,24). The number of carbonyl (C=O) groups excluding carboxylic acids is 1. The van der Waals surface area contributed by atoms with E-state index in [0.29, 0.717) is 22.6 Å². The van der Waals surface area contributed by atoms with Crippen LogP contribution < -0.4 is 11.1 Å². The van der Waals surface area contributed by atoms with Crippen molar-refractivity contribution in [1.82, 2.24) is 24.8 Å². The van der Waals surface area contributed by atoms with E-state index in [-0.39, 0.29) is 18.0 Å². The van der Waals surface area contributed by atoms with E-state index >= 15 is 0 Å². The lowest BCUT2D eigenvalue weighted by Crippen LogP contribution is -2.30. The number of nitrogens with two attached hydrogens (primary N) is 1. The highest BCUT2D eigenvalue weighted by Crippen LogP contribution is 2.26. The lowest BCUT2D eigenvalue weighted by Gasteiger charge is -2.14. The smallest absolute Gasteiger partial charge is 0.329 e. The summed E-state index contributed by atoms with van der Waals surface area (Å²) in [6, 6.07) is 10.6. The molecule has 0 aliphatic carbocycles. The Labute approximate surface area is 162 Å². The molecule has 4 aromatic rings. The zero-order valence-corrected chi connectivity index (χ0v) is 15.8. The van der Waals surface area contributed by atoms with Crippen molar-refractivity contribution >= 4 is 39.1 Å². The zero-order valence-electron chi connectivity index (χ0n) is 14.3. The van der Waals surface area contributed by atoms with Gasteiger partial charge in [-0.2, -0.15) is 4.98 Å². The second kappa shape index (κ2) is 6.84. The zero-order chi connectivity index (χ0) is 19.0. The molecule has 0 aliphatic rings. The van der Waals surface area contributed by atoms with Gasteiger partial charge in [0.2, 0.25) is 5.95 Å². The van der Waals surface area contributed by atoms with Crippen molar-refractivity contribution in [2.45, 2.75) is 13.0 Å². The summed E-state index contributed by atoms with van der Waals surface area (Å²) in [5.41, 5.74) is 7.99. The molecule has 0 radical (unpaired) electrons. The molecule has 0 saturated heterocycles. The van der Waals surface area contributed by atoms with Crippen molar-refractivity contribution in [2.75, 3.05) is 5.73 Å². The second-order valence-electron chi connectivity index (χ2n) is 5.92. The summed E-state index contributed by atoms with van der Waals surface area (Å²) in [4.78, 5) is 25.4. The van der Waals surface area contributed by atoms with Gasteiger partial charge in [-0.05, 0) is 36.8 Å². The average molecular weight is 427 g/mol. The summed E-state index contributed by atoms with van der Waals surface area (Å²) in [5, 5.41) is 2.93. The van der Waals surface area contributed by atoms with Crippen molar-refractivity contribution in [1.29, 1.82) is 0 Å². The maximum absolute atomic E-state index is 12.8. The minimum atomic E-state index is -0.364. The number of imidazole rings is 1. The van der Waals surface area contributed by atoms with Crippen molar-refractivity contribution in [3.8, 4) is 11.5 Å². The normalized spacial score (nSPS) is 12.2. The van der Waals surface area contributed by atoms with Crippen LogP contribution in [0.1, 0.15) is 18.5 Å². The number of amides is 1. The van der Waals surface area contributed by atoms with Gasteiger partial charge in [-0.25, -0.2) is 19.3 Å². The molecule has 0 saturated carbocycles. The van der Waals surface area contributed by atoms with E-state index < -0.39 is 0 Å². The number of nitrogens with one attached hydrogen (secondary N) is 1. The number of nitrogen functional groups attached to an aromatic ring is 1. The minimum absolute atomic E-state index is 0.0319. The van der Waals surface area contributed by atoms with E-state index in [2.05, 4.69) is 36.2 Å². The molecule has 1 atom stereocenters. The summed E-state index contributed by atoms with van der Waals surface area (Å²) in [5.74, 6) is 0.535. The second-order valence-corrected chi connectivity index (χ2v) is 6.83. The van der Waals surface area contributed by atoms with Gasteiger partial charge in [0.15, 0.2) is 11.4 Å². The maximum Gasteiger partial charge on any atom is 0.329 e. The van der Waals surface area contributed by atoms with Crippen LogP contribution in [-0.2, 0) is 0 Å². The van der Waals surface area contributed by atoms with Gasteiger partial charge in [0.1, 0.15) is 17.5 Å². The van der Waals surface area contributed by atoms with E-state index in [4.69, 9.17) is 10.2 Å². The van der Waals surface area contributed by atoms with Crippen LogP contribution in [0.15, 0.2) is 57.9 Å². The van der Waals surface area contributed by atoms with E-state index in [1.54, 1.807) is 12.1 Å². The fourth-order valence-corrected chi connectivity index (χ4v) is 3.00. The highest BCUT2D eigenvalue weighted by Gasteiger charge is 2.20. The van der Waals surface area contributed by atoms with Crippen LogP contribution in [0.4, 0.5) is 10.7 Å². The van der Waals surface area contributed by atoms with Gasteiger partial charge >= 0.3 is 6.03 Å². The molecule has 3 aromatic heterocycles. The lowest BCUT2D eigenvalue weighted by molar-refractivity contribution is 0.240. The Bertz CT molecular complexity index is 1110. The van der Waals surface area contributed by atoms with Crippen LogP contribution in [0.3, 0.4) is 0 Å². The fourth-order valence-electron chi connectivity index (χ4n) is 2.74. The molecule has 3 N–H and O–H groups in total. The number of rotatable bonds is 3. The number of anilines is 1. The predicted octanol–water partition coefficient (Wildman–Crippen LogP) is 3.75.